The fraction of sp³-hybridized carbons (Fsp3) is 0.125. The van der Waals surface area contributed by atoms with Crippen LogP contribution in [0.25, 0.3) is 0 Å². The third-order valence-corrected chi connectivity index (χ3v) is 5.01. The number of hydrogen-bond donors (Lipinski definition) is 2. The third-order valence-electron chi connectivity index (χ3n) is 4.58. The lowest BCUT2D eigenvalue weighted by Gasteiger charge is -2.17. The number of carbonyl (C=O) groups excluding carboxylic acids is 3. The monoisotopic (exact) mass is 469 g/mol. The van der Waals surface area contributed by atoms with Gasteiger partial charge in [0.25, 0.3) is 11.8 Å². The molecule has 0 atom stereocenters. The van der Waals surface area contributed by atoms with Gasteiger partial charge in [0.2, 0.25) is 5.91 Å². The zero-order valence-electron chi connectivity index (χ0n) is 17.5. The van der Waals surface area contributed by atoms with Crippen molar-refractivity contribution in [3.8, 4) is 0 Å². The molecule has 2 N–H and O–H groups in total. The number of amides is 3. The van der Waals surface area contributed by atoms with Crippen molar-refractivity contribution in [2.24, 2.45) is 0 Å². The Morgan fingerprint density at radius 3 is 1.91 bits per heavy atom. The van der Waals surface area contributed by atoms with Crippen molar-refractivity contribution in [2.45, 2.75) is 6.92 Å². The molecule has 8 heteroatoms. The SMILES string of the molecule is Cc1ccc(NC(=O)CN(C)C(=O)c2ccc(NC(=O)c3cc(Cl)cc(Cl)c3)cc2)cc1. The van der Waals surface area contributed by atoms with Crippen LogP contribution in [0.15, 0.2) is 66.7 Å². The summed E-state index contributed by atoms with van der Waals surface area (Å²) in [5.74, 6) is -0.990. The van der Waals surface area contributed by atoms with Crippen LogP contribution >= 0.6 is 23.2 Å². The van der Waals surface area contributed by atoms with Crippen LogP contribution < -0.4 is 10.6 Å². The van der Waals surface area contributed by atoms with Crippen LogP contribution in [0.5, 0.6) is 0 Å². The summed E-state index contributed by atoms with van der Waals surface area (Å²) in [5, 5.41) is 6.21. The standard InChI is InChI=1S/C24H21Cl2N3O3/c1-15-3-7-20(8-4-15)27-22(30)14-29(2)24(32)16-5-9-21(10-6-16)28-23(31)17-11-18(25)13-19(26)12-17/h3-13H,14H2,1-2H3,(H,27,30)(H,28,31). The van der Waals surface area contributed by atoms with Gasteiger partial charge in [-0.2, -0.15) is 0 Å². The molecule has 3 aromatic carbocycles. The summed E-state index contributed by atoms with van der Waals surface area (Å²) >= 11 is 11.9. The number of nitrogens with zero attached hydrogens (tertiary/aromatic N) is 1. The van der Waals surface area contributed by atoms with E-state index in [1.807, 2.05) is 19.1 Å². The Bertz CT molecular complexity index is 1130. The molecule has 0 fully saturated rings. The first-order chi connectivity index (χ1) is 15.2. The molecule has 0 saturated heterocycles. The van der Waals surface area contributed by atoms with Gasteiger partial charge in [-0.05, 0) is 61.5 Å². The van der Waals surface area contributed by atoms with Crippen molar-refractivity contribution >= 4 is 52.3 Å². The fourth-order valence-electron chi connectivity index (χ4n) is 2.93. The number of likely N-dealkylation sites (N-methyl/N-ethyl adjacent to an activating group) is 1. The van der Waals surface area contributed by atoms with Crippen LogP contribution in [0.3, 0.4) is 0 Å². The summed E-state index contributed by atoms with van der Waals surface area (Å²) < 4.78 is 0. The predicted molar refractivity (Wildman–Crippen MR) is 128 cm³/mol. The van der Waals surface area contributed by atoms with Gasteiger partial charge < -0.3 is 15.5 Å². The quantitative estimate of drug-likeness (QED) is 0.516. The topological polar surface area (TPSA) is 78.5 Å². The second-order valence-corrected chi connectivity index (χ2v) is 8.14. The zero-order chi connectivity index (χ0) is 23.3. The van der Waals surface area contributed by atoms with Crippen molar-refractivity contribution in [2.75, 3.05) is 24.2 Å². The molecule has 0 unspecified atom stereocenters. The molecular formula is C24H21Cl2N3O3. The molecule has 0 spiro atoms. The number of aryl methyl sites for hydroxylation is 1. The summed E-state index contributed by atoms with van der Waals surface area (Å²) in [6, 6.07) is 18.3. The van der Waals surface area contributed by atoms with Gasteiger partial charge in [-0.3, -0.25) is 14.4 Å². The summed E-state index contributed by atoms with van der Waals surface area (Å²) in [5.41, 5.74) is 2.97. The van der Waals surface area contributed by atoms with Crippen molar-refractivity contribution in [1.29, 1.82) is 0 Å². The molecule has 3 rings (SSSR count). The second-order valence-electron chi connectivity index (χ2n) is 7.27. The highest BCUT2D eigenvalue weighted by atomic mass is 35.5. The molecule has 164 valence electrons. The van der Waals surface area contributed by atoms with Gasteiger partial charge in [-0.15, -0.1) is 0 Å². The molecule has 0 aliphatic heterocycles. The van der Waals surface area contributed by atoms with Crippen LogP contribution in [-0.4, -0.2) is 36.2 Å². The van der Waals surface area contributed by atoms with Gasteiger partial charge in [-0.1, -0.05) is 40.9 Å². The number of benzene rings is 3. The van der Waals surface area contributed by atoms with Crippen molar-refractivity contribution in [3.63, 3.8) is 0 Å². The number of anilines is 2. The minimum absolute atomic E-state index is 0.0965. The van der Waals surface area contributed by atoms with E-state index >= 15 is 0 Å². The summed E-state index contributed by atoms with van der Waals surface area (Å²) in [6.45, 7) is 1.86. The van der Waals surface area contributed by atoms with Crippen molar-refractivity contribution < 1.29 is 14.4 Å². The number of nitrogens with one attached hydrogen (secondary N) is 2. The Morgan fingerprint density at radius 2 is 1.31 bits per heavy atom. The maximum Gasteiger partial charge on any atom is 0.255 e. The summed E-state index contributed by atoms with van der Waals surface area (Å²) in [7, 11) is 1.55. The maximum absolute atomic E-state index is 12.6. The number of carbonyl (C=O) groups is 3. The van der Waals surface area contributed by atoms with Crippen LogP contribution in [0.2, 0.25) is 10.0 Å². The average molecular weight is 470 g/mol. The third kappa shape index (κ3) is 6.33. The highest BCUT2D eigenvalue weighted by molar-refractivity contribution is 6.35. The minimum Gasteiger partial charge on any atom is -0.332 e. The number of halogens is 2. The average Bonchev–Trinajstić information content (AvgIpc) is 2.74. The zero-order valence-corrected chi connectivity index (χ0v) is 19.0. The van der Waals surface area contributed by atoms with E-state index in [1.54, 1.807) is 43.4 Å². The van der Waals surface area contributed by atoms with Crippen LogP contribution in [0.4, 0.5) is 11.4 Å². The Hall–Kier alpha value is -3.35. The van der Waals surface area contributed by atoms with Crippen molar-refractivity contribution in [3.05, 3.63) is 93.5 Å². The molecule has 6 nitrogen and oxygen atoms in total. The first-order valence-electron chi connectivity index (χ1n) is 9.71. The molecule has 32 heavy (non-hydrogen) atoms. The molecule has 0 heterocycles. The Morgan fingerprint density at radius 1 is 0.781 bits per heavy atom. The molecule has 0 saturated carbocycles. The van der Waals surface area contributed by atoms with Gasteiger partial charge in [0.05, 0.1) is 6.54 Å². The van der Waals surface area contributed by atoms with E-state index in [0.29, 0.717) is 32.5 Å². The van der Waals surface area contributed by atoms with Gasteiger partial charge >= 0.3 is 0 Å². The molecule has 3 amide bonds. The fourth-order valence-corrected chi connectivity index (χ4v) is 3.46. The van der Waals surface area contributed by atoms with Crippen LogP contribution in [0, 0.1) is 6.92 Å². The molecule has 0 aromatic heterocycles. The molecule has 0 bridgehead atoms. The Kier molecular flexibility index (Phi) is 7.51. The van der Waals surface area contributed by atoms with E-state index in [4.69, 9.17) is 23.2 Å². The first-order valence-corrected chi connectivity index (χ1v) is 10.5. The van der Waals surface area contributed by atoms with E-state index in [9.17, 15) is 14.4 Å². The van der Waals surface area contributed by atoms with E-state index in [-0.39, 0.29) is 24.3 Å². The number of rotatable bonds is 6. The van der Waals surface area contributed by atoms with Gasteiger partial charge in [-0.25, -0.2) is 0 Å². The van der Waals surface area contributed by atoms with Crippen LogP contribution in [-0.2, 0) is 4.79 Å². The molecule has 3 aromatic rings. The Labute approximate surface area is 196 Å². The molecular weight excluding hydrogens is 449 g/mol. The van der Waals surface area contributed by atoms with E-state index in [0.717, 1.165) is 5.56 Å². The second kappa shape index (κ2) is 10.3. The molecule has 0 radical (unpaired) electrons. The van der Waals surface area contributed by atoms with E-state index in [1.165, 1.54) is 23.1 Å². The molecule has 0 aliphatic carbocycles. The Balaban J connectivity index is 1.58. The lowest BCUT2D eigenvalue weighted by molar-refractivity contribution is -0.116. The summed E-state index contributed by atoms with van der Waals surface area (Å²) in [6.07, 6.45) is 0. The highest BCUT2D eigenvalue weighted by Gasteiger charge is 2.16. The van der Waals surface area contributed by atoms with Crippen molar-refractivity contribution in [1.82, 2.24) is 4.90 Å². The smallest absolute Gasteiger partial charge is 0.255 e. The predicted octanol–water partition coefficient (Wildman–Crippen LogP) is 5.26. The lowest BCUT2D eigenvalue weighted by Crippen LogP contribution is -2.34. The van der Waals surface area contributed by atoms with E-state index < -0.39 is 0 Å². The summed E-state index contributed by atoms with van der Waals surface area (Å²) in [4.78, 5) is 38.6. The largest absolute Gasteiger partial charge is 0.332 e. The van der Waals surface area contributed by atoms with E-state index in [2.05, 4.69) is 10.6 Å². The van der Waals surface area contributed by atoms with Gasteiger partial charge in [0, 0.05) is 39.6 Å². The van der Waals surface area contributed by atoms with Gasteiger partial charge in [0.15, 0.2) is 0 Å². The van der Waals surface area contributed by atoms with Crippen LogP contribution in [0.1, 0.15) is 26.3 Å². The maximum atomic E-state index is 12.6. The minimum atomic E-state index is -0.377. The number of hydrogen-bond acceptors (Lipinski definition) is 3. The first kappa shape index (κ1) is 23.3. The lowest BCUT2D eigenvalue weighted by atomic mass is 10.1. The van der Waals surface area contributed by atoms with Gasteiger partial charge in [0.1, 0.15) is 0 Å². The molecule has 0 aliphatic rings. The highest BCUT2D eigenvalue weighted by Crippen LogP contribution is 2.20. The normalized spacial score (nSPS) is 10.4.